The summed E-state index contributed by atoms with van der Waals surface area (Å²) >= 11 is 0. The fraction of sp³-hybridized carbons (Fsp3) is 0.500. The van der Waals surface area contributed by atoms with Crippen molar-refractivity contribution in [3.8, 4) is 0 Å². The van der Waals surface area contributed by atoms with Crippen molar-refractivity contribution in [1.82, 2.24) is 25.0 Å². The van der Waals surface area contributed by atoms with Gasteiger partial charge < -0.3 is 14.8 Å². The van der Waals surface area contributed by atoms with E-state index in [1.54, 1.807) is 29.7 Å². The van der Waals surface area contributed by atoms with E-state index >= 15 is 0 Å². The molecule has 2 aromatic heterocycles. The van der Waals surface area contributed by atoms with Crippen molar-refractivity contribution < 1.29 is 9.59 Å². The number of hydrogen-bond acceptors (Lipinski definition) is 4. The van der Waals surface area contributed by atoms with Crippen molar-refractivity contribution in [1.29, 1.82) is 0 Å². The van der Waals surface area contributed by atoms with E-state index in [1.165, 1.54) is 0 Å². The summed E-state index contributed by atoms with van der Waals surface area (Å²) in [7, 11) is 0. The van der Waals surface area contributed by atoms with E-state index in [4.69, 9.17) is 0 Å². The van der Waals surface area contributed by atoms with Gasteiger partial charge in [0.2, 0.25) is 0 Å². The van der Waals surface area contributed by atoms with Gasteiger partial charge in [0.05, 0.1) is 0 Å². The minimum Gasteiger partial charge on any atom is -0.335 e. The number of aromatic amines is 2. The average molecular weight is 383 g/mol. The molecule has 0 bridgehead atoms. The summed E-state index contributed by atoms with van der Waals surface area (Å²) in [4.78, 5) is 44.1. The molecule has 8 heteroatoms. The maximum absolute atomic E-state index is 12.9. The molecule has 0 atom stereocenters. The van der Waals surface area contributed by atoms with Crippen LogP contribution in [0.3, 0.4) is 0 Å². The highest BCUT2D eigenvalue weighted by Gasteiger charge is 2.30. The molecule has 1 aliphatic carbocycles. The number of nitrogens with one attached hydrogen (secondary N) is 2. The molecule has 2 aromatic rings. The lowest BCUT2D eigenvalue weighted by Gasteiger charge is -2.34. The highest BCUT2D eigenvalue weighted by atomic mass is 16.2. The molecule has 3 heterocycles. The molecule has 8 nitrogen and oxygen atoms in total. The fourth-order valence-electron chi connectivity index (χ4n) is 4.20. The third-order valence-electron chi connectivity index (χ3n) is 5.69. The molecule has 0 unspecified atom stereocenters. The number of hydrogen-bond donors (Lipinski definition) is 2. The molecule has 2 amide bonds. The Hall–Kier alpha value is -2.90. The van der Waals surface area contributed by atoms with E-state index in [0.29, 0.717) is 37.4 Å². The summed E-state index contributed by atoms with van der Waals surface area (Å²) < 4.78 is 0. The van der Waals surface area contributed by atoms with Gasteiger partial charge in [-0.25, -0.2) is 0 Å². The molecule has 0 radical (unpaired) electrons. The Kier molecular flexibility index (Phi) is 4.78. The quantitative estimate of drug-likeness (QED) is 0.813. The van der Waals surface area contributed by atoms with Gasteiger partial charge in [0.15, 0.2) is 5.69 Å². The zero-order chi connectivity index (χ0) is 19.8. The number of pyridine rings is 1. The molecule has 2 aliphatic rings. The summed E-state index contributed by atoms with van der Waals surface area (Å²) in [6.45, 7) is 5.26. The van der Waals surface area contributed by atoms with Gasteiger partial charge in [-0.15, -0.1) is 0 Å². The van der Waals surface area contributed by atoms with E-state index in [-0.39, 0.29) is 22.9 Å². The van der Waals surface area contributed by atoms with Crippen molar-refractivity contribution >= 4 is 11.8 Å². The third-order valence-corrected chi connectivity index (χ3v) is 5.69. The predicted octanol–water partition coefficient (Wildman–Crippen LogP) is 1.19. The van der Waals surface area contributed by atoms with Gasteiger partial charge in [0, 0.05) is 43.1 Å². The van der Waals surface area contributed by atoms with Gasteiger partial charge in [0.25, 0.3) is 17.4 Å². The zero-order valence-corrected chi connectivity index (χ0v) is 16.3. The molecular weight excluding hydrogens is 358 g/mol. The van der Waals surface area contributed by atoms with Crippen LogP contribution >= 0.6 is 0 Å². The van der Waals surface area contributed by atoms with Crippen LogP contribution in [0.15, 0.2) is 10.9 Å². The number of fused-ring (bicyclic) bond motifs is 1. The number of H-pyrrole nitrogens is 2. The van der Waals surface area contributed by atoms with Gasteiger partial charge in [-0.2, -0.15) is 5.10 Å². The van der Waals surface area contributed by atoms with Crippen LogP contribution in [0.5, 0.6) is 0 Å². The zero-order valence-electron chi connectivity index (χ0n) is 16.3. The van der Waals surface area contributed by atoms with Crippen LogP contribution in [0.1, 0.15) is 56.2 Å². The molecule has 28 heavy (non-hydrogen) atoms. The second-order valence-corrected chi connectivity index (χ2v) is 7.66. The Balaban J connectivity index is 1.45. The third kappa shape index (κ3) is 3.23. The Morgan fingerprint density at radius 3 is 2.32 bits per heavy atom. The van der Waals surface area contributed by atoms with Gasteiger partial charge in [-0.3, -0.25) is 19.5 Å². The van der Waals surface area contributed by atoms with Crippen LogP contribution in [-0.4, -0.2) is 63.0 Å². The number of carbonyl (C=O) groups excluding carboxylic acids is 2. The highest BCUT2D eigenvalue weighted by Crippen LogP contribution is 2.23. The van der Waals surface area contributed by atoms with Crippen LogP contribution in [0, 0.1) is 13.8 Å². The molecule has 1 fully saturated rings. The smallest absolute Gasteiger partial charge is 0.274 e. The molecular formula is C20H25N5O3. The Bertz CT molecular complexity index is 982. The number of aryl methyl sites for hydroxylation is 3. The Morgan fingerprint density at radius 2 is 1.64 bits per heavy atom. The Labute approximate surface area is 162 Å². The van der Waals surface area contributed by atoms with Crippen LogP contribution in [0.25, 0.3) is 0 Å². The average Bonchev–Trinajstić information content (AvgIpc) is 3.11. The van der Waals surface area contributed by atoms with E-state index in [2.05, 4.69) is 15.2 Å². The van der Waals surface area contributed by atoms with Crippen LogP contribution in [-0.2, 0) is 12.8 Å². The van der Waals surface area contributed by atoms with Gasteiger partial charge in [-0.05, 0) is 51.2 Å². The van der Waals surface area contributed by atoms with E-state index in [9.17, 15) is 14.4 Å². The summed E-state index contributed by atoms with van der Waals surface area (Å²) in [5, 5.41) is 7.28. The van der Waals surface area contributed by atoms with Crippen molar-refractivity contribution in [2.24, 2.45) is 0 Å². The molecule has 0 spiro atoms. The number of piperazine rings is 1. The summed E-state index contributed by atoms with van der Waals surface area (Å²) in [5.74, 6) is -0.348. The minimum absolute atomic E-state index is 0.0733. The second-order valence-electron chi connectivity index (χ2n) is 7.66. The topological polar surface area (TPSA) is 102 Å². The van der Waals surface area contributed by atoms with E-state index in [1.807, 2.05) is 0 Å². The van der Waals surface area contributed by atoms with Crippen molar-refractivity contribution in [2.75, 3.05) is 26.2 Å². The van der Waals surface area contributed by atoms with Crippen LogP contribution < -0.4 is 5.56 Å². The lowest BCUT2D eigenvalue weighted by Crippen LogP contribution is -2.51. The lowest BCUT2D eigenvalue weighted by molar-refractivity contribution is 0.0530. The largest absolute Gasteiger partial charge is 0.335 e. The molecule has 1 aliphatic heterocycles. The first-order chi connectivity index (χ1) is 13.5. The highest BCUT2D eigenvalue weighted by molar-refractivity contribution is 5.96. The maximum Gasteiger partial charge on any atom is 0.274 e. The van der Waals surface area contributed by atoms with E-state index < -0.39 is 0 Å². The van der Waals surface area contributed by atoms with E-state index in [0.717, 1.165) is 42.6 Å². The first-order valence-electron chi connectivity index (χ1n) is 9.81. The van der Waals surface area contributed by atoms with Gasteiger partial charge >= 0.3 is 0 Å². The molecule has 1 saturated heterocycles. The number of nitrogens with zero attached hydrogens (tertiary/aromatic N) is 3. The number of aromatic nitrogens is 3. The second kappa shape index (κ2) is 7.26. The lowest BCUT2D eigenvalue weighted by atomic mass is 9.95. The monoisotopic (exact) mass is 383 g/mol. The van der Waals surface area contributed by atoms with Crippen molar-refractivity contribution in [3.63, 3.8) is 0 Å². The normalized spacial score (nSPS) is 16.8. The van der Waals surface area contributed by atoms with Crippen LogP contribution in [0.2, 0.25) is 0 Å². The predicted molar refractivity (Wildman–Crippen MR) is 104 cm³/mol. The Morgan fingerprint density at radius 1 is 1.00 bits per heavy atom. The van der Waals surface area contributed by atoms with Gasteiger partial charge in [-0.1, -0.05) is 0 Å². The number of rotatable bonds is 2. The summed E-state index contributed by atoms with van der Waals surface area (Å²) in [6.07, 6.45) is 4.05. The van der Waals surface area contributed by atoms with Crippen molar-refractivity contribution in [2.45, 2.75) is 39.5 Å². The maximum atomic E-state index is 12.9. The molecule has 148 valence electrons. The molecule has 0 saturated carbocycles. The SMILES string of the molecule is Cc1cc(C)c(C(=O)N2CCN(C(=O)c3n[nH]c4c3CCCC4)CC2)c(=O)[nH]1. The number of carbonyl (C=O) groups is 2. The summed E-state index contributed by atoms with van der Waals surface area (Å²) in [5.41, 5.74) is 3.90. The number of amides is 2. The van der Waals surface area contributed by atoms with Crippen LogP contribution in [0.4, 0.5) is 0 Å². The fourth-order valence-corrected chi connectivity index (χ4v) is 4.20. The minimum atomic E-state index is -0.357. The first kappa shape index (κ1) is 18.5. The molecule has 4 rings (SSSR count). The summed E-state index contributed by atoms with van der Waals surface area (Å²) in [6, 6.07) is 1.80. The molecule has 2 N–H and O–H groups in total. The standard InChI is InChI=1S/C20H25N5O3/c1-12-11-13(2)21-18(26)16(12)19(27)24-7-9-25(10-8-24)20(28)17-14-5-3-4-6-15(14)22-23-17/h11H,3-10H2,1-2H3,(H,21,26)(H,22,23). The van der Waals surface area contributed by atoms with Gasteiger partial charge in [0.1, 0.15) is 5.56 Å². The van der Waals surface area contributed by atoms with Crippen molar-refractivity contribution in [3.05, 3.63) is 50.2 Å². The first-order valence-corrected chi connectivity index (χ1v) is 9.81. The molecule has 0 aromatic carbocycles.